The summed E-state index contributed by atoms with van der Waals surface area (Å²) >= 11 is 0. The van der Waals surface area contributed by atoms with Gasteiger partial charge in [0.2, 0.25) is 0 Å². The van der Waals surface area contributed by atoms with Gasteiger partial charge in [0.1, 0.15) is 0 Å². The lowest BCUT2D eigenvalue weighted by Crippen LogP contribution is -2.41. The molecule has 2 N–H and O–H groups in total. The number of nitrogens with zero attached hydrogens (tertiary/aromatic N) is 2. The normalized spacial score (nSPS) is 14.4. The largest absolute Gasteiger partial charge is 0.356 e. The lowest BCUT2D eigenvalue weighted by Gasteiger charge is -2.15. The van der Waals surface area contributed by atoms with Gasteiger partial charge in [-0.25, -0.2) is 0 Å². The molecule has 2 rings (SSSR count). The second-order valence-corrected chi connectivity index (χ2v) is 3.54. The molecule has 2 heterocycles. The van der Waals surface area contributed by atoms with Gasteiger partial charge in [-0.15, -0.1) is 24.0 Å². The number of nitrogens with one attached hydrogen (secondary N) is 2. The van der Waals surface area contributed by atoms with Crippen molar-refractivity contribution in [3.05, 3.63) is 30.1 Å². The fourth-order valence-electron chi connectivity index (χ4n) is 1.53. The fraction of sp³-hybridized carbons (Fsp3) is 0.455. The highest BCUT2D eigenvalue weighted by Crippen LogP contribution is 1.96. The van der Waals surface area contributed by atoms with Gasteiger partial charge < -0.3 is 10.6 Å². The number of halogens is 1. The monoisotopic (exact) mass is 332 g/mol. The van der Waals surface area contributed by atoms with E-state index in [0.717, 1.165) is 38.4 Å². The van der Waals surface area contributed by atoms with Crippen molar-refractivity contribution in [2.75, 3.05) is 19.6 Å². The first-order chi connectivity index (χ1) is 7.45. The summed E-state index contributed by atoms with van der Waals surface area (Å²) in [6.07, 6.45) is 5.79. The zero-order valence-electron chi connectivity index (χ0n) is 9.15. The Kier molecular flexibility index (Phi) is 6.14. The number of guanidine groups is 1. The summed E-state index contributed by atoms with van der Waals surface area (Å²) in [6, 6.07) is 4.08. The molecule has 0 spiro atoms. The molecule has 4 nitrogen and oxygen atoms in total. The van der Waals surface area contributed by atoms with Crippen molar-refractivity contribution < 1.29 is 0 Å². The number of hydrogen-bond acceptors (Lipinski definition) is 4. The second kappa shape index (κ2) is 7.43. The Bertz CT molecular complexity index is 326. The third kappa shape index (κ3) is 4.34. The van der Waals surface area contributed by atoms with E-state index < -0.39 is 0 Å². The van der Waals surface area contributed by atoms with Gasteiger partial charge in [0.25, 0.3) is 0 Å². The molecule has 0 unspecified atom stereocenters. The van der Waals surface area contributed by atoms with Crippen LogP contribution in [0.2, 0.25) is 0 Å². The topological polar surface area (TPSA) is 49.3 Å². The second-order valence-electron chi connectivity index (χ2n) is 3.54. The van der Waals surface area contributed by atoms with Crippen LogP contribution in [-0.4, -0.2) is 30.6 Å². The van der Waals surface area contributed by atoms with Gasteiger partial charge in [0.15, 0.2) is 5.96 Å². The molecule has 0 bridgehead atoms. The molecule has 0 aliphatic carbocycles. The molecule has 88 valence electrons. The van der Waals surface area contributed by atoms with Gasteiger partial charge in [-0.1, -0.05) is 0 Å². The SMILES string of the molecule is I.c1cc(CCNC2=NCCCN2)ccn1. The molecule has 16 heavy (non-hydrogen) atoms. The minimum absolute atomic E-state index is 0. The van der Waals surface area contributed by atoms with Crippen LogP contribution < -0.4 is 10.6 Å². The molecule has 0 atom stereocenters. The third-order valence-electron chi connectivity index (χ3n) is 2.35. The Morgan fingerprint density at radius 3 is 2.81 bits per heavy atom. The number of pyridine rings is 1. The Balaban J connectivity index is 0.00000128. The van der Waals surface area contributed by atoms with Crippen LogP contribution in [0.5, 0.6) is 0 Å². The molecule has 1 aromatic heterocycles. The Morgan fingerprint density at radius 1 is 1.31 bits per heavy atom. The molecule has 1 aliphatic heterocycles. The molecule has 0 amide bonds. The smallest absolute Gasteiger partial charge is 0.191 e. The van der Waals surface area contributed by atoms with Crippen LogP contribution >= 0.6 is 24.0 Å². The van der Waals surface area contributed by atoms with Gasteiger partial charge in [-0.05, 0) is 30.5 Å². The average Bonchev–Trinajstić information content (AvgIpc) is 2.32. The molecule has 1 aromatic rings. The zero-order chi connectivity index (χ0) is 10.3. The van der Waals surface area contributed by atoms with Crippen LogP contribution in [0.3, 0.4) is 0 Å². The molecule has 5 heteroatoms. The molecule has 1 aliphatic rings. The van der Waals surface area contributed by atoms with E-state index in [1.165, 1.54) is 5.56 Å². The van der Waals surface area contributed by atoms with Crippen LogP contribution in [0.4, 0.5) is 0 Å². The Labute approximate surface area is 113 Å². The van der Waals surface area contributed by atoms with Crippen molar-refractivity contribution in [3.8, 4) is 0 Å². The third-order valence-corrected chi connectivity index (χ3v) is 2.35. The summed E-state index contributed by atoms with van der Waals surface area (Å²) in [5, 5.41) is 6.52. The highest BCUT2D eigenvalue weighted by atomic mass is 127. The van der Waals surface area contributed by atoms with E-state index in [2.05, 4.69) is 20.6 Å². The van der Waals surface area contributed by atoms with Gasteiger partial charge in [0, 0.05) is 32.0 Å². The van der Waals surface area contributed by atoms with Crippen molar-refractivity contribution in [1.82, 2.24) is 15.6 Å². The maximum Gasteiger partial charge on any atom is 0.191 e. The maximum atomic E-state index is 4.34. The summed E-state index contributed by atoms with van der Waals surface area (Å²) in [5.74, 6) is 0.940. The quantitative estimate of drug-likeness (QED) is 0.818. The van der Waals surface area contributed by atoms with Gasteiger partial charge in [0.05, 0.1) is 0 Å². The highest BCUT2D eigenvalue weighted by Gasteiger charge is 2.01. The summed E-state index contributed by atoms with van der Waals surface area (Å²) < 4.78 is 0. The summed E-state index contributed by atoms with van der Waals surface area (Å²) in [5.41, 5.74) is 1.30. The van der Waals surface area contributed by atoms with E-state index in [4.69, 9.17) is 0 Å². The first kappa shape index (κ1) is 13.2. The van der Waals surface area contributed by atoms with E-state index >= 15 is 0 Å². The van der Waals surface area contributed by atoms with Crippen molar-refractivity contribution >= 4 is 29.9 Å². The predicted octanol–water partition coefficient (Wildman–Crippen LogP) is 1.18. The van der Waals surface area contributed by atoms with Crippen LogP contribution in [0, 0.1) is 0 Å². The van der Waals surface area contributed by atoms with Crippen LogP contribution in [0.15, 0.2) is 29.5 Å². The molecule has 0 radical (unpaired) electrons. The summed E-state index contributed by atoms with van der Waals surface area (Å²) in [7, 11) is 0. The molecule has 0 aromatic carbocycles. The summed E-state index contributed by atoms with van der Waals surface area (Å²) in [4.78, 5) is 8.33. The minimum Gasteiger partial charge on any atom is -0.356 e. The van der Waals surface area contributed by atoms with E-state index in [-0.39, 0.29) is 24.0 Å². The van der Waals surface area contributed by atoms with Crippen LogP contribution in [0.1, 0.15) is 12.0 Å². The molecule has 0 fully saturated rings. The lowest BCUT2D eigenvalue weighted by molar-refractivity contribution is 0.700. The first-order valence-corrected chi connectivity index (χ1v) is 5.36. The first-order valence-electron chi connectivity index (χ1n) is 5.36. The van der Waals surface area contributed by atoms with Crippen LogP contribution in [-0.2, 0) is 6.42 Å². The number of aliphatic imine (C=N–C) groups is 1. The van der Waals surface area contributed by atoms with E-state index in [1.54, 1.807) is 0 Å². The minimum atomic E-state index is 0. The summed E-state index contributed by atoms with van der Waals surface area (Å²) in [6.45, 7) is 2.88. The molecule has 0 saturated carbocycles. The van der Waals surface area contributed by atoms with Crippen LogP contribution in [0.25, 0.3) is 0 Å². The standard InChI is InChI=1S/C11H16N4.HI/c1-5-13-11(14-6-1)15-9-4-10-2-7-12-8-3-10;/h2-3,7-8H,1,4-6,9H2,(H2,13,14,15);1H. The lowest BCUT2D eigenvalue weighted by atomic mass is 10.2. The zero-order valence-corrected chi connectivity index (χ0v) is 11.5. The number of rotatable bonds is 3. The Morgan fingerprint density at radius 2 is 2.12 bits per heavy atom. The number of aromatic nitrogens is 1. The van der Waals surface area contributed by atoms with Gasteiger partial charge in [-0.3, -0.25) is 9.98 Å². The number of hydrogen-bond donors (Lipinski definition) is 2. The predicted molar refractivity (Wildman–Crippen MR) is 76.3 cm³/mol. The Hall–Kier alpha value is -0.850. The van der Waals surface area contributed by atoms with Crippen molar-refractivity contribution in [1.29, 1.82) is 0 Å². The molecular weight excluding hydrogens is 315 g/mol. The highest BCUT2D eigenvalue weighted by molar-refractivity contribution is 14.0. The van der Waals surface area contributed by atoms with E-state index in [1.807, 2.05) is 24.5 Å². The van der Waals surface area contributed by atoms with Crippen molar-refractivity contribution in [2.45, 2.75) is 12.8 Å². The fourth-order valence-corrected chi connectivity index (χ4v) is 1.53. The van der Waals surface area contributed by atoms with Crippen molar-refractivity contribution in [2.24, 2.45) is 4.99 Å². The average molecular weight is 332 g/mol. The molecule has 0 saturated heterocycles. The van der Waals surface area contributed by atoms with Gasteiger partial charge in [-0.2, -0.15) is 0 Å². The molecular formula is C11H17IN4. The van der Waals surface area contributed by atoms with E-state index in [9.17, 15) is 0 Å². The van der Waals surface area contributed by atoms with Crippen molar-refractivity contribution in [3.63, 3.8) is 0 Å². The van der Waals surface area contributed by atoms with Gasteiger partial charge >= 0.3 is 0 Å². The van der Waals surface area contributed by atoms with E-state index in [0.29, 0.717) is 0 Å². The maximum absolute atomic E-state index is 4.34.